The molecule has 0 fully saturated rings. The molecule has 1 aliphatic rings. The lowest BCUT2D eigenvalue weighted by molar-refractivity contribution is 0.701. The average Bonchev–Trinajstić information content (AvgIpc) is 2.76. The number of aliphatic imine (C=N–C) groups is 1. The molecule has 0 radical (unpaired) electrons. The van der Waals surface area contributed by atoms with Gasteiger partial charge in [-0.3, -0.25) is 4.99 Å². The van der Waals surface area contributed by atoms with Gasteiger partial charge >= 0.3 is 0 Å². The van der Waals surface area contributed by atoms with Crippen LogP contribution in [0.1, 0.15) is 31.4 Å². The molecule has 3 rings (SSSR count). The molecule has 0 aromatic heterocycles. The van der Waals surface area contributed by atoms with Crippen molar-refractivity contribution < 1.29 is 0 Å². The Kier molecular flexibility index (Phi) is 4.28. The monoisotopic (exact) mass is 292 g/mol. The lowest BCUT2D eigenvalue weighted by Gasteiger charge is -2.24. The van der Waals surface area contributed by atoms with E-state index in [0.717, 1.165) is 18.5 Å². The summed E-state index contributed by atoms with van der Waals surface area (Å²) in [7, 11) is 2.15. The van der Waals surface area contributed by atoms with Crippen LogP contribution in [0.4, 0.5) is 17.1 Å². The number of hydrogen-bond donors (Lipinski definition) is 0. The third-order valence-electron chi connectivity index (χ3n) is 4.52. The molecule has 0 saturated carbocycles. The SMILES string of the molecule is CCc1ccccc1N(C)c1cccc2c1N=CC(C)CC2. The number of anilines is 2. The zero-order chi connectivity index (χ0) is 15.5. The maximum Gasteiger partial charge on any atom is 0.0894 e. The van der Waals surface area contributed by atoms with E-state index in [4.69, 9.17) is 4.99 Å². The standard InChI is InChI=1S/C20H24N2/c1-4-16-8-5-6-10-18(16)22(3)19-11-7-9-17-13-12-15(2)14-21-20(17)19/h5-11,14-15H,4,12-13H2,1-3H3. The first kappa shape index (κ1) is 14.8. The summed E-state index contributed by atoms with van der Waals surface area (Å²) in [5.41, 5.74) is 6.34. The van der Waals surface area contributed by atoms with Crippen molar-refractivity contribution in [3.63, 3.8) is 0 Å². The molecule has 2 nitrogen and oxygen atoms in total. The van der Waals surface area contributed by atoms with E-state index in [1.54, 1.807) is 0 Å². The molecule has 0 N–H and O–H groups in total. The predicted octanol–water partition coefficient (Wildman–Crippen LogP) is 5.30. The molecule has 1 heterocycles. The second-order valence-corrected chi connectivity index (χ2v) is 6.12. The van der Waals surface area contributed by atoms with Crippen LogP contribution in [0, 0.1) is 5.92 Å². The molecular weight excluding hydrogens is 268 g/mol. The Balaban J connectivity index is 2.07. The summed E-state index contributed by atoms with van der Waals surface area (Å²) in [5, 5.41) is 0. The van der Waals surface area contributed by atoms with Crippen LogP contribution >= 0.6 is 0 Å². The van der Waals surface area contributed by atoms with Crippen LogP contribution in [0.15, 0.2) is 47.5 Å². The van der Waals surface area contributed by atoms with E-state index in [2.05, 4.69) is 74.5 Å². The highest BCUT2D eigenvalue weighted by Crippen LogP contribution is 2.38. The summed E-state index contributed by atoms with van der Waals surface area (Å²) in [6, 6.07) is 15.2. The highest BCUT2D eigenvalue weighted by Gasteiger charge is 2.16. The summed E-state index contributed by atoms with van der Waals surface area (Å²) in [6.07, 6.45) is 5.42. The van der Waals surface area contributed by atoms with Crippen molar-refractivity contribution in [2.45, 2.75) is 33.1 Å². The van der Waals surface area contributed by atoms with Crippen molar-refractivity contribution in [1.29, 1.82) is 0 Å². The predicted molar refractivity (Wildman–Crippen MR) is 96.0 cm³/mol. The first-order valence-electron chi connectivity index (χ1n) is 8.18. The minimum Gasteiger partial charge on any atom is -0.343 e. The second kappa shape index (κ2) is 6.35. The fourth-order valence-electron chi connectivity index (χ4n) is 3.13. The van der Waals surface area contributed by atoms with Crippen molar-refractivity contribution in [2.75, 3.05) is 11.9 Å². The first-order valence-corrected chi connectivity index (χ1v) is 8.18. The topological polar surface area (TPSA) is 15.6 Å². The van der Waals surface area contributed by atoms with Gasteiger partial charge < -0.3 is 4.90 Å². The van der Waals surface area contributed by atoms with Gasteiger partial charge in [0, 0.05) is 18.9 Å². The average molecular weight is 292 g/mol. The Labute approximate surface area is 133 Å². The van der Waals surface area contributed by atoms with Gasteiger partial charge in [-0.1, -0.05) is 44.2 Å². The zero-order valence-corrected chi connectivity index (χ0v) is 13.7. The molecule has 1 aliphatic heterocycles. The molecule has 0 amide bonds. The minimum atomic E-state index is 0.550. The van der Waals surface area contributed by atoms with E-state index in [1.165, 1.54) is 28.9 Å². The van der Waals surface area contributed by atoms with Crippen LogP contribution < -0.4 is 4.90 Å². The number of aryl methyl sites for hydroxylation is 2. The number of hydrogen-bond acceptors (Lipinski definition) is 2. The van der Waals surface area contributed by atoms with E-state index in [9.17, 15) is 0 Å². The third-order valence-corrected chi connectivity index (χ3v) is 4.52. The van der Waals surface area contributed by atoms with Crippen LogP contribution in [0.3, 0.4) is 0 Å². The minimum absolute atomic E-state index is 0.550. The number of para-hydroxylation sites is 2. The fourth-order valence-corrected chi connectivity index (χ4v) is 3.13. The maximum atomic E-state index is 4.80. The third kappa shape index (κ3) is 2.78. The smallest absolute Gasteiger partial charge is 0.0894 e. The Morgan fingerprint density at radius 1 is 1.09 bits per heavy atom. The van der Waals surface area contributed by atoms with Crippen molar-refractivity contribution in [1.82, 2.24) is 0 Å². The van der Waals surface area contributed by atoms with Gasteiger partial charge in [-0.2, -0.15) is 0 Å². The Hall–Kier alpha value is -2.09. The maximum absolute atomic E-state index is 4.80. The number of fused-ring (bicyclic) bond motifs is 1. The Bertz CT molecular complexity index is 688. The van der Waals surface area contributed by atoms with Crippen LogP contribution in [-0.2, 0) is 12.8 Å². The summed E-state index contributed by atoms with van der Waals surface area (Å²) >= 11 is 0. The van der Waals surface area contributed by atoms with E-state index < -0.39 is 0 Å². The second-order valence-electron chi connectivity index (χ2n) is 6.12. The van der Waals surface area contributed by atoms with Gasteiger partial charge in [0.1, 0.15) is 0 Å². The molecule has 22 heavy (non-hydrogen) atoms. The van der Waals surface area contributed by atoms with E-state index >= 15 is 0 Å². The van der Waals surface area contributed by atoms with Gasteiger partial charge in [0.25, 0.3) is 0 Å². The van der Waals surface area contributed by atoms with Gasteiger partial charge in [-0.25, -0.2) is 0 Å². The summed E-state index contributed by atoms with van der Waals surface area (Å²) in [6.45, 7) is 4.45. The molecule has 2 aromatic rings. The highest BCUT2D eigenvalue weighted by atomic mass is 15.1. The molecule has 1 atom stereocenters. The lowest BCUT2D eigenvalue weighted by Crippen LogP contribution is -2.12. The fraction of sp³-hybridized carbons (Fsp3) is 0.350. The molecule has 0 bridgehead atoms. The van der Waals surface area contributed by atoms with Crippen LogP contribution in [0.2, 0.25) is 0 Å². The van der Waals surface area contributed by atoms with Crippen LogP contribution in [-0.4, -0.2) is 13.3 Å². The van der Waals surface area contributed by atoms with Gasteiger partial charge in [0.15, 0.2) is 0 Å². The summed E-state index contributed by atoms with van der Waals surface area (Å²) in [5.74, 6) is 0.550. The first-order chi connectivity index (χ1) is 10.7. The number of nitrogens with zero attached hydrogens (tertiary/aromatic N) is 2. The number of benzene rings is 2. The Morgan fingerprint density at radius 2 is 1.86 bits per heavy atom. The number of rotatable bonds is 3. The quantitative estimate of drug-likeness (QED) is 0.749. The zero-order valence-electron chi connectivity index (χ0n) is 13.7. The molecule has 114 valence electrons. The van der Waals surface area contributed by atoms with Crippen LogP contribution in [0.5, 0.6) is 0 Å². The molecule has 2 aromatic carbocycles. The molecule has 0 saturated heterocycles. The normalized spacial score (nSPS) is 17.0. The molecule has 0 spiro atoms. The van der Waals surface area contributed by atoms with Gasteiger partial charge in [0.05, 0.1) is 11.4 Å². The van der Waals surface area contributed by atoms with Gasteiger partial charge in [-0.15, -0.1) is 0 Å². The van der Waals surface area contributed by atoms with Crippen molar-refractivity contribution in [3.05, 3.63) is 53.6 Å². The van der Waals surface area contributed by atoms with Gasteiger partial charge in [-0.05, 0) is 48.4 Å². The summed E-state index contributed by atoms with van der Waals surface area (Å²) < 4.78 is 0. The van der Waals surface area contributed by atoms with Crippen molar-refractivity contribution in [3.8, 4) is 0 Å². The molecular formula is C20H24N2. The molecule has 0 aliphatic carbocycles. The lowest BCUT2D eigenvalue weighted by atomic mass is 10.0. The van der Waals surface area contributed by atoms with Crippen molar-refractivity contribution >= 4 is 23.3 Å². The van der Waals surface area contributed by atoms with Crippen LogP contribution in [0.25, 0.3) is 0 Å². The summed E-state index contributed by atoms with van der Waals surface area (Å²) in [4.78, 5) is 7.09. The largest absolute Gasteiger partial charge is 0.343 e. The highest BCUT2D eigenvalue weighted by molar-refractivity contribution is 5.81. The van der Waals surface area contributed by atoms with E-state index in [1.807, 2.05) is 0 Å². The van der Waals surface area contributed by atoms with Gasteiger partial charge in [0.2, 0.25) is 0 Å². The molecule has 1 unspecified atom stereocenters. The Morgan fingerprint density at radius 3 is 2.68 bits per heavy atom. The van der Waals surface area contributed by atoms with E-state index in [-0.39, 0.29) is 0 Å². The van der Waals surface area contributed by atoms with Crippen molar-refractivity contribution in [2.24, 2.45) is 10.9 Å². The van der Waals surface area contributed by atoms with E-state index in [0.29, 0.717) is 5.92 Å². The molecule has 2 heteroatoms.